The fraction of sp³-hybridized carbons (Fsp3) is 0. The zero-order valence-corrected chi connectivity index (χ0v) is 5.95. The zero-order chi connectivity index (χ0) is 8.27. The Kier molecular flexibility index (Phi) is 2.01. The number of amides is 1. The van der Waals surface area contributed by atoms with Crippen LogP contribution in [-0.4, -0.2) is 5.91 Å². The van der Waals surface area contributed by atoms with E-state index in [1.54, 1.807) is 24.3 Å². The van der Waals surface area contributed by atoms with E-state index in [0.717, 1.165) is 5.69 Å². The number of benzene rings is 1. The van der Waals surface area contributed by atoms with E-state index in [9.17, 15) is 4.79 Å². The number of rotatable bonds is 2. The summed E-state index contributed by atoms with van der Waals surface area (Å²) < 4.78 is 0. The van der Waals surface area contributed by atoms with Gasteiger partial charge in [-0.2, -0.15) is 0 Å². The van der Waals surface area contributed by atoms with E-state index in [0.29, 0.717) is 5.56 Å². The predicted octanol–water partition coefficient (Wildman–Crippen LogP) is 1.58. The highest BCUT2D eigenvalue weighted by Crippen LogP contribution is 2.16. The van der Waals surface area contributed by atoms with Gasteiger partial charge in [0.1, 0.15) is 0 Å². The number of hydrogen-bond donors (Lipinski definition) is 1. The maximum atomic E-state index is 10.6. The summed E-state index contributed by atoms with van der Waals surface area (Å²) in [6.45, 7) is 0. The van der Waals surface area contributed by atoms with E-state index in [1.165, 1.54) is 0 Å². The smallest absolute Gasteiger partial charge is 0.248 e. The summed E-state index contributed by atoms with van der Waals surface area (Å²) >= 11 is 0. The minimum Gasteiger partial charge on any atom is -0.491 e. The molecule has 0 aliphatic heterocycles. The highest BCUT2D eigenvalue weighted by molar-refractivity contribution is 5.93. The minimum atomic E-state index is -0.430. The lowest BCUT2D eigenvalue weighted by Crippen LogP contribution is -2.10. The van der Waals surface area contributed by atoms with Gasteiger partial charge in [-0.05, 0) is 0 Å². The first kappa shape index (κ1) is 7.47. The van der Waals surface area contributed by atoms with Crippen molar-refractivity contribution in [2.24, 2.45) is 5.73 Å². The fourth-order valence-electron chi connectivity index (χ4n) is 0.731. The summed E-state index contributed by atoms with van der Waals surface area (Å²) in [5.41, 5.74) is 6.24. The summed E-state index contributed by atoms with van der Waals surface area (Å²) in [4.78, 5) is 10.6. The van der Waals surface area contributed by atoms with Gasteiger partial charge in [-0.1, -0.05) is 24.3 Å². The van der Waals surface area contributed by atoms with Crippen LogP contribution >= 0.6 is 0 Å². The van der Waals surface area contributed by atoms with Crippen LogP contribution in [0.15, 0.2) is 24.3 Å². The fourth-order valence-corrected chi connectivity index (χ4v) is 0.731. The Morgan fingerprint density at radius 3 is 2.27 bits per heavy atom. The van der Waals surface area contributed by atoms with Gasteiger partial charge in [0.2, 0.25) is 5.91 Å². The molecule has 1 rings (SSSR count). The molecule has 0 aliphatic rings. The topological polar surface area (TPSA) is 57.2 Å². The Morgan fingerprint density at radius 2 is 1.91 bits per heavy atom. The summed E-state index contributed by atoms with van der Waals surface area (Å²) in [7, 11) is 3.34. The number of carbonyl (C=O) groups excluding carboxylic acids is 1. The monoisotopic (exact) mass is 148 g/mol. The van der Waals surface area contributed by atoms with Crippen molar-refractivity contribution in [1.82, 2.24) is 0 Å². The summed E-state index contributed by atoms with van der Waals surface area (Å²) in [5, 5.41) is 3.67. The normalized spacial score (nSPS) is 9.09. The quantitative estimate of drug-likeness (QED) is 0.636. The van der Waals surface area contributed by atoms with Crippen LogP contribution in [-0.2, 0) is 0 Å². The first-order valence-corrected chi connectivity index (χ1v) is 3.10. The van der Waals surface area contributed by atoms with Crippen LogP contribution in [0.4, 0.5) is 5.69 Å². The molecular weight excluding hydrogens is 140 g/mol. The number of nitrogens with two attached hydrogens (primary N) is 1. The van der Waals surface area contributed by atoms with Crippen LogP contribution < -0.4 is 5.73 Å². The molecule has 1 aromatic carbocycles. The van der Waals surface area contributed by atoms with Crippen molar-refractivity contribution in [2.75, 3.05) is 0 Å². The highest BCUT2D eigenvalue weighted by atomic mass is 16.1. The Bertz CT molecular complexity index is 253. The Balaban J connectivity index is 2.91. The molecule has 3 nitrogen and oxygen atoms in total. The minimum absolute atomic E-state index is 0.430. The van der Waals surface area contributed by atoms with Crippen molar-refractivity contribution in [3.8, 4) is 0 Å². The third kappa shape index (κ3) is 1.64. The molecule has 0 heterocycles. The summed E-state index contributed by atoms with van der Waals surface area (Å²) in [6, 6.07) is 6.61. The zero-order valence-electron chi connectivity index (χ0n) is 5.95. The number of hydrogen-bond acceptors (Lipinski definition) is 1. The molecule has 1 aromatic rings. The molecule has 0 unspecified atom stereocenters. The van der Waals surface area contributed by atoms with E-state index in [-0.39, 0.29) is 0 Å². The van der Waals surface area contributed by atoms with Gasteiger partial charge in [0.25, 0.3) is 0 Å². The highest BCUT2D eigenvalue weighted by Gasteiger charge is 1.95. The number of primary amides is 1. The lowest BCUT2D eigenvalue weighted by Gasteiger charge is -2.05. The van der Waals surface area contributed by atoms with Crippen LogP contribution in [0.1, 0.15) is 10.4 Å². The molecule has 11 heavy (non-hydrogen) atoms. The molecular formula is C8H8N2O. The molecule has 3 heteroatoms. The molecule has 1 amide bonds. The van der Waals surface area contributed by atoms with E-state index in [1.807, 2.05) is 0 Å². The van der Waals surface area contributed by atoms with Crippen LogP contribution in [0.5, 0.6) is 0 Å². The molecule has 0 aromatic heterocycles. The van der Waals surface area contributed by atoms with Crippen LogP contribution in [0, 0.1) is 7.05 Å². The van der Waals surface area contributed by atoms with Gasteiger partial charge >= 0.3 is 0 Å². The number of nitrogens with zero attached hydrogens (tertiary/aromatic N) is 1. The summed E-state index contributed by atoms with van der Waals surface area (Å²) in [5.74, 6) is -0.430. The van der Waals surface area contributed by atoms with E-state index >= 15 is 0 Å². The van der Waals surface area contributed by atoms with Gasteiger partial charge < -0.3 is 11.1 Å². The van der Waals surface area contributed by atoms with Crippen LogP contribution in [0.3, 0.4) is 0 Å². The first-order valence-electron chi connectivity index (χ1n) is 3.10. The molecule has 0 saturated heterocycles. The lowest BCUT2D eigenvalue weighted by atomic mass is 10.2. The molecule has 0 saturated carbocycles. The van der Waals surface area contributed by atoms with Gasteiger partial charge in [0, 0.05) is 12.6 Å². The van der Waals surface area contributed by atoms with Crippen molar-refractivity contribution < 1.29 is 4.79 Å². The molecule has 0 atom stereocenters. The maximum Gasteiger partial charge on any atom is 0.248 e. The Labute approximate surface area is 65.2 Å². The summed E-state index contributed by atoms with van der Waals surface area (Å²) in [6.07, 6.45) is 0. The van der Waals surface area contributed by atoms with Crippen molar-refractivity contribution in [3.05, 3.63) is 42.2 Å². The van der Waals surface area contributed by atoms with E-state index < -0.39 is 5.91 Å². The van der Waals surface area contributed by atoms with Crippen LogP contribution in [0.2, 0.25) is 0 Å². The Morgan fingerprint density at radius 1 is 1.36 bits per heavy atom. The second kappa shape index (κ2) is 2.96. The van der Waals surface area contributed by atoms with Gasteiger partial charge in [-0.3, -0.25) is 4.79 Å². The molecule has 56 valence electrons. The van der Waals surface area contributed by atoms with E-state index in [4.69, 9.17) is 5.73 Å². The third-order valence-electron chi connectivity index (χ3n) is 1.33. The van der Waals surface area contributed by atoms with E-state index in [2.05, 4.69) is 12.4 Å². The number of carbonyl (C=O) groups is 1. The lowest BCUT2D eigenvalue weighted by molar-refractivity contribution is 0.100. The van der Waals surface area contributed by atoms with Crippen LogP contribution in [0.25, 0.3) is 5.32 Å². The van der Waals surface area contributed by atoms with Gasteiger partial charge in [-0.15, -0.1) is 5.69 Å². The largest absolute Gasteiger partial charge is 0.491 e. The predicted molar refractivity (Wildman–Crippen MR) is 43.3 cm³/mol. The van der Waals surface area contributed by atoms with Gasteiger partial charge in [-0.25, -0.2) is 0 Å². The second-order valence-electron chi connectivity index (χ2n) is 2.07. The second-order valence-corrected chi connectivity index (χ2v) is 2.07. The van der Waals surface area contributed by atoms with Crippen molar-refractivity contribution in [2.45, 2.75) is 0 Å². The average molecular weight is 148 g/mol. The molecule has 0 aliphatic carbocycles. The molecule has 0 fully saturated rings. The maximum absolute atomic E-state index is 10.6. The molecule has 2 N–H and O–H groups in total. The third-order valence-corrected chi connectivity index (χ3v) is 1.33. The average Bonchev–Trinajstić information content (AvgIpc) is 2.05. The standard InChI is InChI=1S/C8H8N2O/c1-10-7-4-2-6(3-5-7)8(9)11/h2-5H,1H2,(H2-,9,10,11). The van der Waals surface area contributed by atoms with Gasteiger partial charge in [0.15, 0.2) is 0 Å². The molecule has 0 spiro atoms. The molecule has 0 radical (unpaired) electrons. The first-order chi connectivity index (χ1) is 5.24. The van der Waals surface area contributed by atoms with Crippen molar-refractivity contribution in [1.29, 1.82) is 0 Å². The Hall–Kier alpha value is -1.64. The van der Waals surface area contributed by atoms with Gasteiger partial charge in [0.05, 0.1) is 0 Å². The van der Waals surface area contributed by atoms with Crippen molar-refractivity contribution in [3.63, 3.8) is 0 Å². The molecule has 0 bridgehead atoms. The SMILES string of the molecule is [CH2+][N-]c1ccc(C(N)=O)cc1. The van der Waals surface area contributed by atoms with Crippen molar-refractivity contribution >= 4 is 11.6 Å².